The monoisotopic (exact) mass is 272 g/mol. The number of rotatable bonds is 6. The highest BCUT2D eigenvalue weighted by Crippen LogP contribution is 2.15. The zero-order valence-electron chi connectivity index (χ0n) is 11.5. The molecule has 2 amide bonds. The van der Waals surface area contributed by atoms with Crippen LogP contribution in [0.1, 0.15) is 12.8 Å². The Labute approximate surface area is 113 Å². The number of aliphatic hydroxyl groups is 1. The van der Waals surface area contributed by atoms with Gasteiger partial charge in [-0.25, -0.2) is 0 Å². The van der Waals surface area contributed by atoms with Gasteiger partial charge in [0.2, 0.25) is 11.8 Å². The molecule has 0 aromatic rings. The largest absolute Gasteiger partial charge is 0.395 e. The van der Waals surface area contributed by atoms with Gasteiger partial charge in [0, 0.05) is 12.6 Å². The number of carbonyl (C=O) groups excluding carboxylic acids is 2. The van der Waals surface area contributed by atoms with E-state index in [2.05, 4.69) is 17.3 Å². The standard InChI is InChI=1S/C12H24N4O3/c1-15-4-2-10(3-5-15)16(6-7-17)12(19)9-14-11(18)8-13/h10,17H,2-9,13H2,1H3,(H,14,18). The molecule has 1 aliphatic heterocycles. The number of likely N-dealkylation sites (tertiary alicyclic amines) is 1. The van der Waals surface area contributed by atoms with Crippen LogP contribution in [0.15, 0.2) is 0 Å². The molecular formula is C12H24N4O3. The smallest absolute Gasteiger partial charge is 0.242 e. The van der Waals surface area contributed by atoms with Gasteiger partial charge in [-0.3, -0.25) is 9.59 Å². The van der Waals surface area contributed by atoms with Crippen molar-refractivity contribution in [1.29, 1.82) is 0 Å². The maximum absolute atomic E-state index is 12.1. The molecule has 0 aromatic heterocycles. The molecule has 0 aliphatic carbocycles. The molecule has 19 heavy (non-hydrogen) atoms. The summed E-state index contributed by atoms with van der Waals surface area (Å²) >= 11 is 0. The minimum absolute atomic E-state index is 0.0532. The van der Waals surface area contributed by atoms with E-state index in [1.54, 1.807) is 4.90 Å². The predicted molar refractivity (Wildman–Crippen MR) is 71.4 cm³/mol. The molecule has 0 saturated carbocycles. The van der Waals surface area contributed by atoms with Gasteiger partial charge in [0.15, 0.2) is 0 Å². The van der Waals surface area contributed by atoms with Crippen molar-refractivity contribution in [1.82, 2.24) is 15.1 Å². The number of hydrogen-bond acceptors (Lipinski definition) is 5. The highest BCUT2D eigenvalue weighted by atomic mass is 16.3. The van der Waals surface area contributed by atoms with E-state index < -0.39 is 0 Å². The first-order valence-electron chi connectivity index (χ1n) is 6.64. The molecule has 1 saturated heterocycles. The van der Waals surface area contributed by atoms with Gasteiger partial charge in [-0.05, 0) is 33.0 Å². The summed E-state index contributed by atoms with van der Waals surface area (Å²) in [5.74, 6) is -0.508. The van der Waals surface area contributed by atoms with Crippen molar-refractivity contribution in [2.45, 2.75) is 18.9 Å². The fourth-order valence-electron chi connectivity index (χ4n) is 2.27. The molecule has 0 atom stereocenters. The lowest BCUT2D eigenvalue weighted by atomic mass is 10.0. The van der Waals surface area contributed by atoms with Crippen LogP contribution in [0.25, 0.3) is 0 Å². The van der Waals surface area contributed by atoms with E-state index in [4.69, 9.17) is 10.8 Å². The summed E-state index contributed by atoms with van der Waals surface area (Å²) < 4.78 is 0. The van der Waals surface area contributed by atoms with Crippen LogP contribution in [0.3, 0.4) is 0 Å². The lowest BCUT2D eigenvalue weighted by molar-refractivity contribution is -0.136. The average Bonchev–Trinajstić information content (AvgIpc) is 2.43. The number of nitrogens with two attached hydrogens (primary N) is 1. The number of carbonyl (C=O) groups is 2. The van der Waals surface area contributed by atoms with E-state index in [-0.39, 0.29) is 37.6 Å². The molecule has 1 rings (SSSR count). The molecule has 4 N–H and O–H groups in total. The van der Waals surface area contributed by atoms with Crippen LogP contribution in [0, 0.1) is 0 Å². The Morgan fingerprint density at radius 2 is 2.05 bits per heavy atom. The van der Waals surface area contributed by atoms with Crippen molar-refractivity contribution in [3.05, 3.63) is 0 Å². The molecule has 0 radical (unpaired) electrons. The Kier molecular flexibility index (Phi) is 6.75. The lowest BCUT2D eigenvalue weighted by Gasteiger charge is -2.37. The van der Waals surface area contributed by atoms with E-state index in [1.807, 2.05) is 0 Å². The van der Waals surface area contributed by atoms with Crippen molar-refractivity contribution in [2.24, 2.45) is 5.73 Å². The first-order valence-corrected chi connectivity index (χ1v) is 6.64. The van der Waals surface area contributed by atoms with Gasteiger partial charge in [-0.15, -0.1) is 0 Å². The molecule has 110 valence electrons. The Balaban J connectivity index is 2.50. The zero-order valence-corrected chi connectivity index (χ0v) is 11.5. The second-order valence-electron chi connectivity index (χ2n) is 4.83. The SMILES string of the molecule is CN1CCC(N(CCO)C(=O)CNC(=O)CN)CC1. The Morgan fingerprint density at radius 3 is 2.58 bits per heavy atom. The fraction of sp³-hybridized carbons (Fsp3) is 0.833. The molecule has 0 bridgehead atoms. The topological polar surface area (TPSA) is 98.9 Å². The van der Waals surface area contributed by atoms with E-state index in [0.717, 1.165) is 25.9 Å². The van der Waals surface area contributed by atoms with Crippen LogP contribution in [-0.4, -0.2) is 79.1 Å². The summed E-state index contributed by atoms with van der Waals surface area (Å²) in [6.07, 6.45) is 1.79. The third kappa shape index (κ3) is 5.14. The number of nitrogens with one attached hydrogen (secondary N) is 1. The van der Waals surface area contributed by atoms with Gasteiger partial charge in [0.25, 0.3) is 0 Å². The first-order chi connectivity index (χ1) is 9.08. The lowest BCUT2D eigenvalue weighted by Crippen LogP contribution is -2.50. The predicted octanol–water partition coefficient (Wildman–Crippen LogP) is -2.02. The molecule has 7 nitrogen and oxygen atoms in total. The summed E-state index contributed by atoms with van der Waals surface area (Å²) in [4.78, 5) is 27.0. The second kappa shape index (κ2) is 8.08. The molecule has 0 unspecified atom stereocenters. The summed E-state index contributed by atoms with van der Waals surface area (Å²) in [5, 5.41) is 11.6. The van der Waals surface area contributed by atoms with Gasteiger partial charge in [-0.1, -0.05) is 0 Å². The van der Waals surface area contributed by atoms with Crippen LogP contribution < -0.4 is 11.1 Å². The van der Waals surface area contributed by atoms with Gasteiger partial charge in [0.1, 0.15) is 0 Å². The van der Waals surface area contributed by atoms with Crippen molar-refractivity contribution in [3.8, 4) is 0 Å². The normalized spacial score (nSPS) is 17.2. The van der Waals surface area contributed by atoms with Crippen LogP contribution in [0.2, 0.25) is 0 Å². The van der Waals surface area contributed by atoms with Crippen LogP contribution in [0.5, 0.6) is 0 Å². The third-order valence-corrected chi connectivity index (χ3v) is 3.41. The van der Waals surface area contributed by atoms with Crippen molar-refractivity contribution in [3.63, 3.8) is 0 Å². The maximum atomic E-state index is 12.1. The van der Waals surface area contributed by atoms with Gasteiger partial charge < -0.3 is 26.0 Å². The molecular weight excluding hydrogens is 248 g/mol. The van der Waals surface area contributed by atoms with Crippen molar-refractivity contribution < 1.29 is 14.7 Å². The summed E-state index contributed by atoms with van der Waals surface area (Å²) in [7, 11) is 2.05. The molecule has 0 spiro atoms. The highest BCUT2D eigenvalue weighted by molar-refractivity contribution is 5.85. The van der Waals surface area contributed by atoms with Crippen molar-refractivity contribution in [2.75, 3.05) is 46.4 Å². The molecule has 0 aromatic carbocycles. The number of piperidine rings is 1. The summed E-state index contributed by atoms with van der Waals surface area (Å²) in [5.41, 5.74) is 5.17. The van der Waals surface area contributed by atoms with E-state index in [9.17, 15) is 9.59 Å². The molecule has 1 heterocycles. The Bertz CT molecular complexity index is 303. The number of hydrogen-bond donors (Lipinski definition) is 3. The third-order valence-electron chi connectivity index (χ3n) is 3.41. The summed E-state index contributed by atoms with van der Waals surface area (Å²) in [6, 6.07) is 0.144. The van der Waals surface area contributed by atoms with E-state index in [1.165, 1.54) is 0 Å². The molecule has 1 aliphatic rings. The Morgan fingerprint density at radius 1 is 1.42 bits per heavy atom. The quantitative estimate of drug-likeness (QED) is 0.518. The minimum atomic E-state index is -0.347. The van der Waals surface area contributed by atoms with E-state index >= 15 is 0 Å². The molecule has 1 fully saturated rings. The van der Waals surface area contributed by atoms with Crippen LogP contribution >= 0.6 is 0 Å². The summed E-state index contributed by atoms with van der Waals surface area (Å²) in [6.45, 7) is 1.95. The number of amides is 2. The maximum Gasteiger partial charge on any atom is 0.242 e. The first kappa shape index (κ1) is 15.9. The molecule has 7 heteroatoms. The van der Waals surface area contributed by atoms with Crippen LogP contribution in [0.4, 0.5) is 0 Å². The number of nitrogens with zero attached hydrogens (tertiary/aromatic N) is 2. The van der Waals surface area contributed by atoms with Crippen LogP contribution in [-0.2, 0) is 9.59 Å². The van der Waals surface area contributed by atoms with Gasteiger partial charge in [-0.2, -0.15) is 0 Å². The second-order valence-corrected chi connectivity index (χ2v) is 4.83. The van der Waals surface area contributed by atoms with Gasteiger partial charge in [0.05, 0.1) is 19.7 Å². The number of aliphatic hydroxyl groups excluding tert-OH is 1. The fourth-order valence-corrected chi connectivity index (χ4v) is 2.27. The highest BCUT2D eigenvalue weighted by Gasteiger charge is 2.26. The van der Waals surface area contributed by atoms with Gasteiger partial charge >= 0.3 is 0 Å². The Hall–Kier alpha value is -1.18. The zero-order chi connectivity index (χ0) is 14.3. The minimum Gasteiger partial charge on any atom is -0.395 e. The van der Waals surface area contributed by atoms with Crippen molar-refractivity contribution >= 4 is 11.8 Å². The average molecular weight is 272 g/mol. The van der Waals surface area contributed by atoms with E-state index in [0.29, 0.717) is 6.54 Å².